The zero-order valence-corrected chi connectivity index (χ0v) is 20.0. The predicted molar refractivity (Wildman–Crippen MR) is 129 cm³/mol. The molecule has 0 unspecified atom stereocenters. The van der Waals surface area contributed by atoms with Crippen molar-refractivity contribution in [1.29, 1.82) is 0 Å². The number of rotatable bonds is 5. The van der Waals surface area contributed by atoms with Crippen LogP contribution >= 0.6 is 23.2 Å². The van der Waals surface area contributed by atoms with Gasteiger partial charge < -0.3 is 10.5 Å². The number of halogens is 2. The number of carbonyl (C=O) groups is 2. The van der Waals surface area contributed by atoms with Gasteiger partial charge in [-0.05, 0) is 48.9 Å². The Morgan fingerprint density at radius 3 is 2.65 bits per heavy atom. The second-order valence-electron chi connectivity index (χ2n) is 7.39. The lowest BCUT2D eigenvalue weighted by atomic mass is 10.0. The SMILES string of the molecule is Cc1cc(S(=O)(=O)Nc2cc(Cl)cnc2C(=O)c2cccc3c2OCCN3C(N)=O)ccc1Cl. The number of nitrogens with one attached hydrogen (secondary N) is 1. The summed E-state index contributed by atoms with van der Waals surface area (Å²) in [6, 6.07) is 9.46. The first-order valence-corrected chi connectivity index (χ1v) is 12.1. The summed E-state index contributed by atoms with van der Waals surface area (Å²) in [6.07, 6.45) is 1.23. The van der Waals surface area contributed by atoms with Gasteiger partial charge in [0.25, 0.3) is 10.0 Å². The van der Waals surface area contributed by atoms with E-state index in [0.29, 0.717) is 16.3 Å². The molecule has 176 valence electrons. The number of anilines is 2. The summed E-state index contributed by atoms with van der Waals surface area (Å²) in [5.41, 5.74) is 6.10. The Kier molecular flexibility index (Phi) is 6.39. The summed E-state index contributed by atoms with van der Waals surface area (Å²) in [7, 11) is -4.11. The molecule has 34 heavy (non-hydrogen) atoms. The Hall–Kier alpha value is -3.34. The normalized spacial score (nSPS) is 13.1. The van der Waals surface area contributed by atoms with Gasteiger partial charge in [0, 0.05) is 11.2 Å². The zero-order chi connectivity index (χ0) is 24.6. The van der Waals surface area contributed by atoms with Crippen molar-refractivity contribution in [3.8, 4) is 5.75 Å². The van der Waals surface area contributed by atoms with Crippen molar-refractivity contribution in [2.45, 2.75) is 11.8 Å². The summed E-state index contributed by atoms with van der Waals surface area (Å²) in [4.78, 5) is 30.6. The van der Waals surface area contributed by atoms with Crippen LogP contribution in [-0.4, -0.2) is 38.4 Å². The maximum absolute atomic E-state index is 13.5. The van der Waals surface area contributed by atoms with E-state index >= 15 is 0 Å². The number of benzene rings is 2. The number of aryl methyl sites for hydroxylation is 1. The number of amides is 2. The molecule has 2 aromatic carbocycles. The van der Waals surface area contributed by atoms with E-state index in [1.54, 1.807) is 19.1 Å². The molecule has 2 amide bonds. The molecule has 1 aliphatic rings. The average Bonchev–Trinajstić information content (AvgIpc) is 2.79. The molecule has 0 spiro atoms. The van der Waals surface area contributed by atoms with Gasteiger partial charge in [0.15, 0.2) is 5.75 Å². The number of primary amides is 1. The van der Waals surface area contributed by atoms with E-state index in [-0.39, 0.29) is 45.8 Å². The highest BCUT2D eigenvalue weighted by atomic mass is 35.5. The molecule has 0 radical (unpaired) electrons. The lowest BCUT2D eigenvalue weighted by Gasteiger charge is -2.29. The number of urea groups is 1. The van der Waals surface area contributed by atoms with Crippen LogP contribution in [0.2, 0.25) is 10.0 Å². The molecule has 0 atom stereocenters. The number of pyridine rings is 1. The number of fused-ring (bicyclic) bond motifs is 1. The van der Waals surface area contributed by atoms with E-state index in [2.05, 4.69) is 9.71 Å². The molecule has 9 nitrogen and oxygen atoms in total. The Labute approximate surface area is 205 Å². The van der Waals surface area contributed by atoms with E-state index < -0.39 is 21.8 Å². The maximum Gasteiger partial charge on any atom is 0.319 e. The van der Waals surface area contributed by atoms with Gasteiger partial charge in [-0.3, -0.25) is 14.4 Å². The van der Waals surface area contributed by atoms with Crippen LogP contribution in [0.4, 0.5) is 16.2 Å². The second-order valence-corrected chi connectivity index (χ2v) is 9.91. The molecule has 1 aliphatic heterocycles. The number of ketones is 1. The number of aromatic nitrogens is 1. The lowest BCUT2D eigenvalue weighted by Crippen LogP contribution is -2.41. The van der Waals surface area contributed by atoms with E-state index in [1.807, 2.05) is 0 Å². The minimum atomic E-state index is -4.11. The Morgan fingerprint density at radius 1 is 1.18 bits per heavy atom. The van der Waals surface area contributed by atoms with Crippen LogP contribution in [0.25, 0.3) is 0 Å². The van der Waals surface area contributed by atoms with Gasteiger partial charge in [-0.15, -0.1) is 0 Å². The van der Waals surface area contributed by atoms with Crippen LogP contribution in [0.15, 0.2) is 53.6 Å². The summed E-state index contributed by atoms with van der Waals surface area (Å²) in [5, 5.41) is 0.533. The van der Waals surface area contributed by atoms with Crippen LogP contribution in [-0.2, 0) is 10.0 Å². The molecule has 0 saturated carbocycles. The smallest absolute Gasteiger partial charge is 0.319 e. The number of nitrogens with zero attached hydrogens (tertiary/aromatic N) is 2. The fraction of sp³-hybridized carbons (Fsp3) is 0.136. The number of hydrogen-bond acceptors (Lipinski definition) is 6. The topological polar surface area (TPSA) is 132 Å². The van der Waals surface area contributed by atoms with E-state index in [4.69, 9.17) is 33.7 Å². The number of carbonyl (C=O) groups excluding carboxylic acids is 2. The third kappa shape index (κ3) is 4.52. The van der Waals surface area contributed by atoms with Gasteiger partial charge in [0.05, 0.1) is 33.4 Å². The fourth-order valence-corrected chi connectivity index (χ4v) is 4.89. The molecule has 0 bridgehead atoms. The largest absolute Gasteiger partial charge is 0.489 e. The minimum Gasteiger partial charge on any atom is -0.489 e. The van der Waals surface area contributed by atoms with Crippen molar-refractivity contribution in [2.75, 3.05) is 22.8 Å². The van der Waals surface area contributed by atoms with Crippen molar-refractivity contribution < 1.29 is 22.7 Å². The van der Waals surface area contributed by atoms with Crippen LogP contribution in [0.5, 0.6) is 5.75 Å². The van der Waals surface area contributed by atoms with E-state index in [0.717, 1.165) is 0 Å². The highest BCUT2D eigenvalue weighted by Crippen LogP contribution is 2.37. The molecular formula is C22H18Cl2N4O5S. The van der Waals surface area contributed by atoms with Gasteiger partial charge in [-0.1, -0.05) is 29.3 Å². The molecule has 0 saturated heterocycles. The Morgan fingerprint density at radius 2 is 1.94 bits per heavy atom. The first kappa shape index (κ1) is 23.8. The molecule has 0 fully saturated rings. The number of ether oxygens (including phenoxy) is 1. The highest BCUT2D eigenvalue weighted by Gasteiger charge is 2.29. The fourth-order valence-electron chi connectivity index (χ4n) is 3.47. The maximum atomic E-state index is 13.5. The van der Waals surface area contributed by atoms with Gasteiger partial charge in [-0.2, -0.15) is 0 Å². The Balaban J connectivity index is 1.76. The number of sulfonamides is 1. The quantitative estimate of drug-likeness (QED) is 0.488. The standard InChI is InChI=1S/C22H18Cl2N4O5S/c1-12-9-14(5-6-16(12)24)34(31,32)27-17-10-13(23)11-26-19(17)20(29)15-3-2-4-18-21(15)33-8-7-28(18)22(25)30/h2-6,9-11,27H,7-8H2,1H3,(H2,25,30). The predicted octanol–water partition coefficient (Wildman–Crippen LogP) is 4.01. The third-order valence-corrected chi connectivity index (χ3v) is 7.10. The van der Waals surface area contributed by atoms with Gasteiger partial charge >= 0.3 is 6.03 Å². The van der Waals surface area contributed by atoms with Gasteiger partial charge in [0.1, 0.15) is 12.3 Å². The second kappa shape index (κ2) is 9.13. The van der Waals surface area contributed by atoms with Crippen molar-refractivity contribution in [3.63, 3.8) is 0 Å². The highest BCUT2D eigenvalue weighted by molar-refractivity contribution is 7.92. The zero-order valence-electron chi connectivity index (χ0n) is 17.7. The first-order valence-electron chi connectivity index (χ1n) is 9.90. The third-order valence-electron chi connectivity index (χ3n) is 5.11. The summed E-state index contributed by atoms with van der Waals surface area (Å²) in [6.45, 7) is 2.03. The van der Waals surface area contributed by atoms with Crippen LogP contribution < -0.4 is 20.1 Å². The summed E-state index contributed by atoms with van der Waals surface area (Å²) < 4.78 is 34.1. The molecule has 0 aliphatic carbocycles. The molecule has 3 N–H and O–H groups in total. The van der Waals surface area contributed by atoms with E-state index in [1.165, 1.54) is 41.4 Å². The lowest BCUT2D eigenvalue weighted by molar-refractivity contribution is 0.103. The minimum absolute atomic E-state index is 0.0506. The van der Waals surface area contributed by atoms with Crippen molar-refractivity contribution in [1.82, 2.24) is 4.98 Å². The molecule has 4 rings (SSSR count). The van der Waals surface area contributed by atoms with Crippen LogP contribution in [0, 0.1) is 6.92 Å². The van der Waals surface area contributed by atoms with Crippen molar-refractivity contribution >= 4 is 56.4 Å². The number of hydrogen-bond donors (Lipinski definition) is 2. The van der Waals surface area contributed by atoms with Crippen LogP contribution in [0.3, 0.4) is 0 Å². The van der Waals surface area contributed by atoms with E-state index in [9.17, 15) is 18.0 Å². The average molecular weight is 521 g/mol. The number of nitrogens with two attached hydrogens (primary N) is 1. The van der Waals surface area contributed by atoms with Crippen molar-refractivity contribution in [3.05, 3.63) is 75.5 Å². The summed E-state index contributed by atoms with van der Waals surface area (Å²) in [5.74, 6) is -0.485. The van der Waals surface area contributed by atoms with Gasteiger partial charge in [0.2, 0.25) is 5.78 Å². The first-order chi connectivity index (χ1) is 16.1. The van der Waals surface area contributed by atoms with Crippen molar-refractivity contribution in [2.24, 2.45) is 5.73 Å². The molecule has 3 aromatic rings. The molecular weight excluding hydrogens is 503 g/mol. The Bertz CT molecular complexity index is 1430. The number of para-hydroxylation sites is 1. The monoisotopic (exact) mass is 520 g/mol. The molecule has 2 heterocycles. The summed E-state index contributed by atoms with van der Waals surface area (Å²) >= 11 is 12.1. The van der Waals surface area contributed by atoms with Gasteiger partial charge in [-0.25, -0.2) is 18.2 Å². The molecule has 12 heteroatoms. The molecule has 1 aromatic heterocycles. The van der Waals surface area contributed by atoms with Crippen LogP contribution in [0.1, 0.15) is 21.6 Å².